The molecule has 0 saturated carbocycles. The van der Waals surface area contributed by atoms with Crippen LogP contribution in [0, 0.1) is 0 Å². The monoisotopic (exact) mass is 208 g/mol. The van der Waals surface area contributed by atoms with E-state index in [4.69, 9.17) is 9.84 Å². The number of carboxylic acids is 1. The highest BCUT2D eigenvalue weighted by Gasteiger charge is 2.46. The van der Waals surface area contributed by atoms with Gasteiger partial charge in [-0.25, -0.2) is 4.79 Å². The lowest BCUT2D eigenvalue weighted by Gasteiger charge is -2.37. The fourth-order valence-corrected chi connectivity index (χ4v) is 1.25. The zero-order chi connectivity index (χ0) is 10.9. The fourth-order valence-electron chi connectivity index (χ4n) is 1.25. The van der Waals surface area contributed by atoms with E-state index in [2.05, 4.69) is 4.74 Å². The number of carboxylic acid groups (broad SMARTS) is 1. The van der Waals surface area contributed by atoms with Crippen molar-refractivity contribution in [2.24, 2.45) is 0 Å². The Morgan fingerprint density at radius 3 is 2.21 bits per heavy atom. The molecule has 7 nitrogen and oxygen atoms in total. The first kappa shape index (κ1) is 11.3. The molecule has 1 rings (SSSR count). The SMILES string of the molecule is CO[C@@H]1O[C@@H](C(=O)O)[C@@H](O)[C@@H](O)[C@@H]1O. The Morgan fingerprint density at radius 2 is 1.79 bits per heavy atom. The summed E-state index contributed by atoms with van der Waals surface area (Å²) in [5.74, 6) is -1.43. The smallest absolute Gasteiger partial charge is 0.335 e. The van der Waals surface area contributed by atoms with Gasteiger partial charge in [-0.15, -0.1) is 0 Å². The van der Waals surface area contributed by atoms with Crippen molar-refractivity contribution >= 4 is 5.97 Å². The molecule has 0 bridgehead atoms. The maximum Gasteiger partial charge on any atom is 0.335 e. The zero-order valence-corrected chi connectivity index (χ0v) is 7.40. The number of aliphatic carboxylic acids is 1. The van der Waals surface area contributed by atoms with Crippen LogP contribution in [0.4, 0.5) is 0 Å². The average Bonchev–Trinajstić information content (AvgIpc) is 2.14. The summed E-state index contributed by atoms with van der Waals surface area (Å²) in [4.78, 5) is 10.5. The molecule has 14 heavy (non-hydrogen) atoms. The van der Waals surface area contributed by atoms with Crippen LogP contribution in [0.1, 0.15) is 0 Å². The van der Waals surface area contributed by atoms with Crippen molar-refractivity contribution < 1.29 is 34.7 Å². The van der Waals surface area contributed by atoms with Crippen LogP contribution in [-0.4, -0.2) is 64.2 Å². The van der Waals surface area contributed by atoms with Crippen LogP contribution in [-0.2, 0) is 14.3 Å². The van der Waals surface area contributed by atoms with Gasteiger partial charge in [0.05, 0.1) is 0 Å². The summed E-state index contributed by atoms with van der Waals surface area (Å²) in [5, 5.41) is 36.3. The quantitative estimate of drug-likeness (QED) is 0.397. The highest BCUT2D eigenvalue weighted by Crippen LogP contribution is 2.21. The molecule has 5 atom stereocenters. The lowest BCUT2D eigenvalue weighted by Crippen LogP contribution is -2.60. The van der Waals surface area contributed by atoms with Gasteiger partial charge in [0.25, 0.3) is 0 Å². The van der Waals surface area contributed by atoms with Gasteiger partial charge in [-0.1, -0.05) is 0 Å². The van der Waals surface area contributed by atoms with Gasteiger partial charge >= 0.3 is 5.97 Å². The molecule has 0 aliphatic carbocycles. The van der Waals surface area contributed by atoms with Gasteiger partial charge in [-0.3, -0.25) is 0 Å². The van der Waals surface area contributed by atoms with E-state index in [1.807, 2.05) is 0 Å². The Hall–Kier alpha value is -0.730. The van der Waals surface area contributed by atoms with E-state index >= 15 is 0 Å². The van der Waals surface area contributed by atoms with Gasteiger partial charge in [0.2, 0.25) is 0 Å². The minimum Gasteiger partial charge on any atom is -0.479 e. The minimum atomic E-state index is -1.67. The first-order valence-electron chi connectivity index (χ1n) is 3.94. The first-order valence-corrected chi connectivity index (χ1v) is 3.94. The molecule has 1 aliphatic heterocycles. The third-order valence-electron chi connectivity index (χ3n) is 2.05. The summed E-state index contributed by atoms with van der Waals surface area (Å²) in [5.41, 5.74) is 0. The van der Waals surface area contributed by atoms with Crippen molar-refractivity contribution in [1.82, 2.24) is 0 Å². The maximum atomic E-state index is 10.5. The Bertz CT molecular complexity index is 216. The van der Waals surface area contributed by atoms with Crippen LogP contribution < -0.4 is 0 Å². The second kappa shape index (κ2) is 4.20. The molecule has 0 aromatic rings. The molecule has 0 unspecified atom stereocenters. The average molecular weight is 208 g/mol. The molecule has 1 aliphatic rings. The van der Waals surface area contributed by atoms with E-state index in [-0.39, 0.29) is 0 Å². The number of hydrogen-bond donors (Lipinski definition) is 4. The predicted octanol–water partition coefficient (Wildman–Crippen LogP) is -2.47. The van der Waals surface area contributed by atoms with Gasteiger partial charge in [-0.05, 0) is 0 Å². The lowest BCUT2D eigenvalue weighted by atomic mass is 9.99. The first-order chi connectivity index (χ1) is 6.49. The van der Waals surface area contributed by atoms with Crippen molar-refractivity contribution in [1.29, 1.82) is 0 Å². The third-order valence-corrected chi connectivity index (χ3v) is 2.05. The van der Waals surface area contributed by atoms with E-state index in [0.29, 0.717) is 0 Å². The standard InChI is InChI=1S/C7H12O7/c1-13-7-4(10)2(8)3(9)5(14-7)6(11)12/h2-5,7-10H,1H3,(H,11,12)/t2-,3+,4+,5-,7-/m1/s1. The number of carbonyl (C=O) groups is 1. The number of ether oxygens (including phenoxy) is 2. The maximum absolute atomic E-state index is 10.5. The molecule has 0 aromatic carbocycles. The Morgan fingerprint density at radius 1 is 1.21 bits per heavy atom. The normalized spacial score (nSPS) is 43.6. The van der Waals surface area contributed by atoms with E-state index in [1.165, 1.54) is 7.11 Å². The molecule has 1 saturated heterocycles. The Labute approximate surface area is 79.5 Å². The molecular weight excluding hydrogens is 196 g/mol. The fraction of sp³-hybridized carbons (Fsp3) is 0.857. The van der Waals surface area contributed by atoms with Gasteiger partial charge in [-0.2, -0.15) is 0 Å². The van der Waals surface area contributed by atoms with E-state index < -0.39 is 36.7 Å². The number of hydrogen-bond acceptors (Lipinski definition) is 6. The summed E-state index contributed by atoms with van der Waals surface area (Å²) in [6.07, 6.45) is -7.60. The lowest BCUT2D eigenvalue weighted by molar-refractivity contribution is -0.287. The van der Waals surface area contributed by atoms with Crippen molar-refractivity contribution in [3.05, 3.63) is 0 Å². The molecule has 7 heteroatoms. The summed E-state index contributed by atoms with van der Waals surface area (Å²) < 4.78 is 9.31. The molecule has 1 heterocycles. The van der Waals surface area contributed by atoms with Crippen molar-refractivity contribution in [2.75, 3.05) is 7.11 Å². The van der Waals surface area contributed by atoms with Crippen LogP contribution >= 0.6 is 0 Å². The van der Waals surface area contributed by atoms with Gasteiger partial charge < -0.3 is 29.9 Å². The van der Waals surface area contributed by atoms with Crippen LogP contribution in [0.15, 0.2) is 0 Å². The topological polar surface area (TPSA) is 116 Å². The molecule has 0 spiro atoms. The molecule has 82 valence electrons. The predicted molar refractivity (Wildman–Crippen MR) is 41.3 cm³/mol. The second-order valence-corrected chi connectivity index (χ2v) is 2.97. The second-order valence-electron chi connectivity index (χ2n) is 2.97. The third kappa shape index (κ3) is 1.86. The van der Waals surface area contributed by atoms with Crippen LogP contribution in [0.5, 0.6) is 0 Å². The zero-order valence-electron chi connectivity index (χ0n) is 7.40. The molecule has 0 amide bonds. The highest BCUT2D eigenvalue weighted by molar-refractivity contribution is 5.73. The van der Waals surface area contributed by atoms with Crippen molar-refractivity contribution in [2.45, 2.75) is 30.7 Å². The molecule has 4 N–H and O–H groups in total. The van der Waals surface area contributed by atoms with Gasteiger partial charge in [0, 0.05) is 7.11 Å². The van der Waals surface area contributed by atoms with E-state index in [1.54, 1.807) is 0 Å². The molecule has 0 aromatic heterocycles. The number of rotatable bonds is 2. The van der Waals surface area contributed by atoms with Crippen LogP contribution in [0.2, 0.25) is 0 Å². The summed E-state index contributed by atoms with van der Waals surface area (Å²) in [7, 11) is 1.19. The van der Waals surface area contributed by atoms with Crippen molar-refractivity contribution in [3.63, 3.8) is 0 Å². The number of aliphatic hydroxyl groups is 3. The molecular formula is C7H12O7. The highest BCUT2D eigenvalue weighted by atomic mass is 16.7. The Kier molecular flexibility index (Phi) is 3.40. The summed E-state index contributed by atoms with van der Waals surface area (Å²) >= 11 is 0. The number of aliphatic hydroxyl groups excluding tert-OH is 3. The molecule has 0 radical (unpaired) electrons. The van der Waals surface area contributed by atoms with Crippen LogP contribution in [0.3, 0.4) is 0 Å². The minimum absolute atomic E-state index is 1.19. The van der Waals surface area contributed by atoms with Gasteiger partial charge in [0.15, 0.2) is 12.4 Å². The van der Waals surface area contributed by atoms with Crippen molar-refractivity contribution in [3.8, 4) is 0 Å². The summed E-state index contributed by atoms with van der Waals surface area (Å²) in [6, 6.07) is 0. The van der Waals surface area contributed by atoms with Crippen LogP contribution in [0.25, 0.3) is 0 Å². The van der Waals surface area contributed by atoms with Gasteiger partial charge in [0.1, 0.15) is 18.3 Å². The van der Waals surface area contributed by atoms with E-state index in [9.17, 15) is 20.1 Å². The summed E-state index contributed by atoms with van der Waals surface area (Å²) in [6.45, 7) is 0. The largest absolute Gasteiger partial charge is 0.479 e. The number of methoxy groups -OCH3 is 1. The Balaban J connectivity index is 2.78. The van der Waals surface area contributed by atoms with E-state index in [0.717, 1.165) is 0 Å². The molecule has 1 fully saturated rings.